The number of phenols is 2. The van der Waals surface area contributed by atoms with Crippen molar-refractivity contribution in [2.45, 2.75) is 19.8 Å². The number of nitrogens with one attached hydrogen (secondary N) is 1. The van der Waals surface area contributed by atoms with E-state index in [1.807, 2.05) is 0 Å². The molecule has 0 atom stereocenters. The Morgan fingerprint density at radius 1 is 1.26 bits per heavy atom. The first-order valence-corrected chi connectivity index (χ1v) is 6.76. The van der Waals surface area contributed by atoms with Gasteiger partial charge in [-0.05, 0) is 12.5 Å². The molecule has 2 rings (SSSR count). The van der Waals surface area contributed by atoms with Crippen LogP contribution in [0.5, 0.6) is 11.5 Å². The Balaban J connectivity index is 2.33. The van der Waals surface area contributed by atoms with Crippen LogP contribution in [0.1, 0.15) is 17.5 Å². The number of rotatable bonds is 5. The summed E-state index contributed by atoms with van der Waals surface area (Å²) >= 11 is 0. The van der Waals surface area contributed by atoms with Crippen LogP contribution in [0.15, 0.2) is 21.3 Å². The minimum Gasteiger partial charge on any atom is -0.508 e. The van der Waals surface area contributed by atoms with Crippen LogP contribution in [0.3, 0.4) is 0 Å². The molecule has 0 radical (unpaired) electrons. The lowest BCUT2D eigenvalue weighted by Crippen LogP contribution is -2.29. The molecule has 8 nitrogen and oxygen atoms in total. The molecule has 0 saturated heterocycles. The number of benzene rings is 1. The zero-order valence-electron chi connectivity index (χ0n) is 12.3. The average molecular weight is 321 g/mol. The maximum Gasteiger partial charge on any atom is 0.340 e. The summed E-state index contributed by atoms with van der Waals surface area (Å²) in [5.74, 6) is -2.10. The zero-order chi connectivity index (χ0) is 17.1. The fourth-order valence-corrected chi connectivity index (χ4v) is 2.25. The first-order chi connectivity index (χ1) is 10.8. The molecule has 8 heteroatoms. The lowest BCUT2D eigenvalue weighted by atomic mass is 10.0. The van der Waals surface area contributed by atoms with Gasteiger partial charge in [0.2, 0.25) is 5.91 Å². The second kappa shape index (κ2) is 6.39. The van der Waals surface area contributed by atoms with Crippen LogP contribution in [0, 0.1) is 6.92 Å². The molecule has 4 N–H and O–H groups in total. The summed E-state index contributed by atoms with van der Waals surface area (Å²) in [6.45, 7) is 1.50. The number of amides is 1. The highest BCUT2D eigenvalue weighted by Gasteiger charge is 2.17. The molecule has 2 aromatic rings. The van der Waals surface area contributed by atoms with Crippen molar-refractivity contribution in [1.29, 1.82) is 0 Å². The number of hydrogen-bond acceptors (Lipinski definition) is 6. The number of aromatic hydroxyl groups is 2. The van der Waals surface area contributed by atoms with Crippen molar-refractivity contribution in [3.05, 3.63) is 33.7 Å². The molecule has 23 heavy (non-hydrogen) atoms. The first-order valence-electron chi connectivity index (χ1n) is 6.76. The van der Waals surface area contributed by atoms with Gasteiger partial charge in [0.15, 0.2) is 0 Å². The standard InChI is InChI=1S/C15H15NO7/c1-7-9(6-12(19)16-3-2-13(20)21)15(22)23-11-5-8(17)4-10(18)14(7)11/h4-5,17-18H,2-3,6H2,1H3,(H,16,19)(H,20,21). The van der Waals surface area contributed by atoms with Crippen LogP contribution in [-0.4, -0.2) is 33.7 Å². The van der Waals surface area contributed by atoms with Crippen LogP contribution in [0.2, 0.25) is 0 Å². The van der Waals surface area contributed by atoms with Crippen molar-refractivity contribution >= 4 is 22.8 Å². The van der Waals surface area contributed by atoms with Crippen LogP contribution >= 0.6 is 0 Å². The molecule has 1 aromatic heterocycles. The lowest BCUT2D eigenvalue weighted by molar-refractivity contribution is -0.136. The Morgan fingerprint density at radius 3 is 2.61 bits per heavy atom. The number of phenolic OH excluding ortho intramolecular Hbond substituents is 2. The number of hydrogen-bond donors (Lipinski definition) is 4. The van der Waals surface area contributed by atoms with Crippen LogP contribution in [-0.2, 0) is 16.0 Å². The number of carbonyl (C=O) groups excluding carboxylic acids is 1. The molecule has 0 fully saturated rings. The van der Waals surface area contributed by atoms with E-state index in [-0.39, 0.29) is 47.4 Å². The second-order valence-electron chi connectivity index (χ2n) is 5.00. The van der Waals surface area contributed by atoms with Gasteiger partial charge < -0.3 is 25.1 Å². The monoisotopic (exact) mass is 321 g/mol. The highest BCUT2D eigenvalue weighted by Crippen LogP contribution is 2.32. The van der Waals surface area contributed by atoms with Crippen LogP contribution in [0.4, 0.5) is 0 Å². The quantitative estimate of drug-likeness (QED) is 0.593. The van der Waals surface area contributed by atoms with Crippen molar-refractivity contribution in [3.63, 3.8) is 0 Å². The van der Waals surface area contributed by atoms with E-state index in [9.17, 15) is 24.6 Å². The van der Waals surface area contributed by atoms with E-state index < -0.39 is 17.5 Å². The third-order valence-corrected chi connectivity index (χ3v) is 3.34. The fraction of sp³-hybridized carbons (Fsp3) is 0.267. The van der Waals surface area contributed by atoms with Crippen molar-refractivity contribution in [2.75, 3.05) is 6.54 Å². The van der Waals surface area contributed by atoms with E-state index in [0.29, 0.717) is 5.56 Å². The number of carbonyl (C=O) groups is 2. The predicted molar refractivity (Wildman–Crippen MR) is 79.5 cm³/mol. The molecule has 0 aliphatic rings. The smallest absolute Gasteiger partial charge is 0.340 e. The number of aryl methyl sites for hydroxylation is 1. The maximum absolute atomic E-state index is 12.0. The molecule has 1 heterocycles. The molecule has 0 aliphatic heterocycles. The van der Waals surface area contributed by atoms with Gasteiger partial charge >= 0.3 is 11.6 Å². The topological polar surface area (TPSA) is 137 Å². The molecule has 122 valence electrons. The average Bonchev–Trinajstić information content (AvgIpc) is 2.41. The summed E-state index contributed by atoms with van der Waals surface area (Å²) in [6, 6.07) is 2.30. The molecular formula is C15H15NO7. The van der Waals surface area contributed by atoms with Crippen molar-refractivity contribution in [3.8, 4) is 11.5 Å². The summed E-state index contributed by atoms with van der Waals surface area (Å²) in [6.07, 6.45) is -0.527. The summed E-state index contributed by atoms with van der Waals surface area (Å²) < 4.78 is 5.03. The Morgan fingerprint density at radius 2 is 1.96 bits per heavy atom. The molecule has 0 saturated carbocycles. The summed E-state index contributed by atoms with van der Waals surface area (Å²) in [7, 11) is 0. The molecule has 0 aliphatic carbocycles. The van der Waals surface area contributed by atoms with Gasteiger partial charge in [0.1, 0.15) is 17.1 Å². The molecule has 1 aromatic carbocycles. The van der Waals surface area contributed by atoms with Crippen molar-refractivity contribution in [1.82, 2.24) is 5.32 Å². The summed E-state index contributed by atoms with van der Waals surface area (Å²) in [5.41, 5.74) is -0.318. The summed E-state index contributed by atoms with van der Waals surface area (Å²) in [5, 5.41) is 30.4. The maximum atomic E-state index is 12.0. The second-order valence-corrected chi connectivity index (χ2v) is 5.00. The number of carboxylic acid groups (broad SMARTS) is 1. The fourth-order valence-electron chi connectivity index (χ4n) is 2.25. The van der Waals surface area contributed by atoms with Gasteiger partial charge in [0.05, 0.1) is 23.8 Å². The molecule has 1 amide bonds. The van der Waals surface area contributed by atoms with Gasteiger partial charge in [-0.25, -0.2) is 4.79 Å². The normalized spacial score (nSPS) is 10.7. The summed E-state index contributed by atoms with van der Waals surface area (Å²) in [4.78, 5) is 34.2. The van der Waals surface area contributed by atoms with E-state index >= 15 is 0 Å². The Bertz CT molecular complexity index is 838. The Labute approximate surface area is 130 Å². The lowest BCUT2D eigenvalue weighted by Gasteiger charge is -2.09. The van der Waals surface area contributed by atoms with E-state index in [1.165, 1.54) is 6.07 Å². The van der Waals surface area contributed by atoms with E-state index in [4.69, 9.17) is 9.52 Å². The number of aliphatic carboxylic acids is 1. The largest absolute Gasteiger partial charge is 0.508 e. The third-order valence-electron chi connectivity index (χ3n) is 3.34. The van der Waals surface area contributed by atoms with Crippen LogP contribution < -0.4 is 10.9 Å². The number of carboxylic acids is 1. The predicted octanol–water partition coefficient (Wildman–Crippen LogP) is 0.646. The van der Waals surface area contributed by atoms with E-state index in [2.05, 4.69) is 5.32 Å². The molecule has 0 unspecified atom stereocenters. The minimum absolute atomic E-state index is 0.0139. The number of fused-ring (bicyclic) bond motifs is 1. The van der Waals surface area contributed by atoms with Gasteiger partial charge in [-0.2, -0.15) is 0 Å². The van der Waals surface area contributed by atoms with E-state index in [1.54, 1.807) is 6.92 Å². The van der Waals surface area contributed by atoms with Crippen molar-refractivity contribution in [2.24, 2.45) is 0 Å². The highest BCUT2D eigenvalue weighted by atomic mass is 16.4. The van der Waals surface area contributed by atoms with E-state index in [0.717, 1.165) is 6.07 Å². The Kier molecular flexibility index (Phi) is 4.54. The van der Waals surface area contributed by atoms with Crippen LogP contribution in [0.25, 0.3) is 11.0 Å². The molecule has 0 bridgehead atoms. The van der Waals surface area contributed by atoms with Gasteiger partial charge in [-0.1, -0.05) is 0 Å². The van der Waals surface area contributed by atoms with Gasteiger partial charge in [-0.3, -0.25) is 9.59 Å². The van der Waals surface area contributed by atoms with Gasteiger partial charge in [0.25, 0.3) is 0 Å². The third kappa shape index (κ3) is 3.60. The minimum atomic E-state index is -1.04. The first kappa shape index (κ1) is 16.3. The Hall–Kier alpha value is -3.03. The molecular weight excluding hydrogens is 306 g/mol. The SMILES string of the molecule is Cc1c(CC(=O)NCCC(=O)O)c(=O)oc2cc(O)cc(O)c12. The zero-order valence-corrected chi connectivity index (χ0v) is 12.3. The van der Waals surface area contributed by atoms with Gasteiger partial charge in [-0.15, -0.1) is 0 Å². The molecule has 0 spiro atoms. The van der Waals surface area contributed by atoms with Gasteiger partial charge in [0, 0.05) is 18.7 Å². The van der Waals surface area contributed by atoms with Crippen molar-refractivity contribution < 1.29 is 29.3 Å². The highest BCUT2D eigenvalue weighted by molar-refractivity contribution is 5.90.